The number of allylic oxidation sites excluding steroid dienone is 2. The summed E-state index contributed by atoms with van der Waals surface area (Å²) >= 11 is 6.42. The molecule has 0 saturated carbocycles. The molecule has 3 aromatic carbocycles. The highest BCUT2D eigenvalue weighted by Crippen LogP contribution is 2.33. The Kier molecular flexibility index (Phi) is 7.81. The Hall–Kier alpha value is -3.55. The average molecular weight is 473 g/mol. The average Bonchev–Trinajstić information content (AvgIpc) is 2.79. The van der Waals surface area contributed by atoms with Crippen molar-refractivity contribution in [3.05, 3.63) is 105 Å². The van der Waals surface area contributed by atoms with Gasteiger partial charge in [0.25, 0.3) is 5.91 Å². The molecule has 0 aliphatic carbocycles. The van der Waals surface area contributed by atoms with Gasteiger partial charge in [-0.05, 0) is 48.7 Å². The number of amides is 1. The van der Waals surface area contributed by atoms with Crippen LogP contribution in [0.1, 0.15) is 53.4 Å². The van der Waals surface area contributed by atoms with Crippen LogP contribution in [-0.2, 0) is 6.61 Å². The predicted octanol–water partition coefficient (Wildman–Crippen LogP) is 7.25. The fraction of sp³-hybridized carbons (Fsp3) is 0.241. The lowest BCUT2D eigenvalue weighted by atomic mass is 9.85. The van der Waals surface area contributed by atoms with Crippen LogP contribution in [-0.4, -0.2) is 5.91 Å². The van der Waals surface area contributed by atoms with Crippen LogP contribution in [0.25, 0.3) is 5.57 Å². The molecule has 0 fully saturated rings. The molecule has 174 valence electrons. The molecule has 34 heavy (non-hydrogen) atoms. The maximum Gasteiger partial charge on any atom is 0.255 e. The Morgan fingerprint density at radius 1 is 1.03 bits per heavy atom. The summed E-state index contributed by atoms with van der Waals surface area (Å²) in [6.07, 6.45) is 0. The molecule has 3 rings (SSSR count). The van der Waals surface area contributed by atoms with Crippen LogP contribution in [0.4, 0.5) is 0 Å². The topological polar surface area (TPSA) is 62.1 Å². The standard InChI is InChI=1S/C29H29ClN2O2/c1-19-11-13-23(20(2)15-19)24(17-31)27(29(3,4)5)32-28(33)22-12-14-26(25(30)16-22)34-18-21-9-7-6-8-10-21/h6-16H,18H2,1-5H3,(H,32,33)/b27-24-. The molecule has 0 bridgehead atoms. The van der Waals surface area contributed by atoms with Crippen LogP contribution in [0.2, 0.25) is 5.02 Å². The highest BCUT2D eigenvalue weighted by Gasteiger charge is 2.26. The SMILES string of the molecule is Cc1ccc(/C(C#N)=C(\NC(=O)c2ccc(OCc3ccccc3)c(Cl)c2)C(C)(C)C)c(C)c1. The molecule has 1 N–H and O–H groups in total. The molecule has 0 atom stereocenters. The highest BCUT2D eigenvalue weighted by molar-refractivity contribution is 6.32. The summed E-state index contributed by atoms with van der Waals surface area (Å²) in [5.41, 5.74) is 4.86. The molecule has 5 heteroatoms. The van der Waals surface area contributed by atoms with E-state index in [-0.39, 0.29) is 5.91 Å². The second-order valence-corrected chi connectivity index (χ2v) is 9.71. The van der Waals surface area contributed by atoms with Crippen molar-refractivity contribution in [2.24, 2.45) is 5.41 Å². The highest BCUT2D eigenvalue weighted by atomic mass is 35.5. The lowest BCUT2D eigenvalue weighted by molar-refractivity contribution is 0.0958. The number of halogens is 1. The molecule has 0 radical (unpaired) electrons. The Morgan fingerprint density at radius 2 is 1.74 bits per heavy atom. The monoisotopic (exact) mass is 472 g/mol. The number of carbonyl (C=O) groups is 1. The van der Waals surface area contributed by atoms with E-state index in [0.717, 1.165) is 22.3 Å². The normalized spacial score (nSPS) is 11.9. The first kappa shape index (κ1) is 25.1. The van der Waals surface area contributed by atoms with E-state index in [1.807, 2.05) is 83.1 Å². The van der Waals surface area contributed by atoms with Gasteiger partial charge in [-0.15, -0.1) is 0 Å². The second kappa shape index (κ2) is 10.6. The first-order valence-corrected chi connectivity index (χ1v) is 11.5. The fourth-order valence-corrected chi connectivity index (χ4v) is 3.89. The fourth-order valence-electron chi connectivity index (χ4n) is 3.65. The number of benzene rings is 3. The lowest BCUT2D eigenvalue weighted by Crippen LogP contribution is -2.31. The van der Waals surface area contributed by atoms with Crippen molar-refractivity contribution in [1.82, 2.24) is 5.32 Å². The molecule has 3 aromatic rings. The number of ether oxygens (including phenoxy) is 1. The first-order valence-electron chi connectivity index (χ1n) is 11.1. The van der Waals surface area contributed by atoms with E-state index in [0.29, 0.717) is 34.2 Å². The molecule has 0 unspecified atom stereocenters. The Morgan fingerprint density at radius 3 is 2.32 bits per heavy atom. The molecule has 0 aliphatic heterocycles. The van der Waals surface area contributed by atoms with E-state index in [9.17, 15) is 10.1 Å². The molecular formula is C29H29ClN2O2. The summed E-state index contributed by atoms with van der Waals surface area (Å²) in [5, 5.41) is 13.4. The summed E-state index contributed by atoms with van der Waals surface area (Å²) in [5.74, 6) is 0.167. The van der Waals surface area contributed by atoms with Gasteiger partial charge in [0.15, 0.2) is 0 Å². The van der Waals surface area contributed by atoms with Crippen LogP contribution in [0, 0.1) is 30.6 Å². The zero-order valence-corrected chi connectivity index (χ0v) is 21.0. The van der Waals surface area contributed by atoms with Crippen molar-refractivity contribution in [3.63, 3.8) is 0 Å². The number of nitrogens with one attached hydrogen (secondary N) is 1. The molecule has 0 aromatic heterocycles. The van der Waals surface area contributed by atoms with Gasteiger partial charge in [0.1, 0.15) is 18.4 Å². The van der Waals surface area contributed by atoms with E-state index in [4.69, 9.17) is 16.3 Å². The Balaban J connectivity index is 1.88. The molecule has 0 heterocycles. The van der Waals surface area contributed by atoms with Crippen molar-refractivity contribution in [2.75, 3.05) is 0 Å². The van der Waals surface area contributed by atoms with Gasteiger partial charge in [-0.1, -0.05) is 86.5 Å². The Labute approximate surface area is 206 Å². The van der Waals surface area contributed by atoms with E-state index in [1.54, 1.807) is 18.2 Å². The maximum absolute atomic E-state index is 13.2. The minimum atomic E-state index is -0.472. The van der Waals surface area contributed by atoms with Gasteiger partial charge in [0.2, 0.25) is 0 Å². The third-order valence-corrected chi connectivity index (χ3v) is 5.73. The molecule has 0 aliphatic rings. The minimum absolute atomic E-state index is 0.334. The molecular weight excluding hydrogens is 444 g/mol. The summed E-state index contributed by atoms with van der Waals surface area (Å²) < 4.78 is 5.81. The van der Waals surface area contributed by atoms with Gasteiger partial charge in [-0.2, -0.15) is 5.26 Å². The van der Waals surface area contributed by atoms with Gasteiger partial charge in [0, 0.05) is 16.7 Å². The number of aryl methyl sites for hydroxylation is 2. The van der Waals surface area contributed by atoms with Gasteiger partial charge in [-0.25, -0.2) is 0 Å². The van der Waals surface area contributed by atoms with Crippen molar-refractivity contribution in [2.45, 2.75) is 41.2 Å². The minimum Gasteiger partial charge on any atom is -0.487 e. The molecule has 0 saturated heterocycles. The maximum atomic E-state index is 13.2. The van der Waals surface area contributed by atoms with Gasteiger partial charge >= 0.3 is 0 Å². The second-order valence-electron chi connectivity index (χ2n) is 9.30. The van der Waals surface area contributed by atoms with Crippen molar-refractivity contribution >= 4 is 23.1 Å². The van der Waals surface area contributed by atoms with E-state index in [2.05, 4.69) is 11.4 Å². The van der Waals surface area contributed by atoms with Crippen molar-refractivity contribution in [3.8, 4) is 11.8 Å². The van der Waals surface area contributed by atoms with Gasteiger partial charge in [-0.3, -0.25) is 4.79 Å². The van der Waals surface area contributed by atoms with E-state index < -0.39 is 5.41 Å². The predicted molar refractivity (Wildman–Crippen MR) is 138 cm³/mol. The van der Waals surface area contributed by atoms with E-state index >= 15 is 0 Å². The quantitative estimate of drug-likeness (QED) is 0.384. The van der Waals surface area contributed by atoms with Crippen LogP contribution >= 0.6 is 11.6 Å². The summed E-state index contributed by atoms with van der Waals surface area (Å²) in [7, 11) is 0. The number of hydrogen-bond acceptors (Lipinski definition) is 3. The Bertz CT molecular complexity index is 1270. The third-order valence-electron chi connectivity index (χ3n) is 5.43. The zero-order chi connectivity index (χ0) is 24.9. The first-order chi connectivity index (χ1) is 16.1. The zero-order valence-electron chi connectivity index (χ0n) is 20.2. The molecule has 0 spiro atoms. The summed E-state index contributed by atoms with van der Waals surface area (Å²) in [6.45, 7) is 10.3. The number of hydrogen-bond donors (Lipinski definition) is 1. The summed E-state index contributed by atoms with van der Waals surface area (Å²) in [4.78, 5) is 13.2. The van der Waals surface area contributed by atoms with Gasteiger partial charge < -0.3 is 10.1 Å². The van der Waals surface area contributed by atoms with E-state index in [1.165, 1.54) is 0 Å². The third kappa shape index (κ3) is 6.07. The number of nitrogens with zero attached hydrogens (tertiary/aromatic N) is 1. The van der Waals surface area contributed by atoms with Crippen LogP contribution in [0.3, 0.4) is 0 Å². The van der Waals surface area contributed by atoms with Crippen molar-refractivity contribution in [1.29, 1.82) is 5.26 Å². The number of nitriles is 1. The summed E-state index contributed by atoms with van der Waals surface area (Å²) in [6, 6.07) is 23.0. The lowest BCUT2D eigenvalue weighted by Gasteiger charge is -2.26. The molecule has 1 amide bonds. The van der Waals surface area contributed by atoms with Gasteiger partial charge in [0.05, 0.1) is 10.6 Å². The van der Waals surface area contributed by atoms with Crippen molar-refractivity contribution < 1.29 is 9.53 Å². The smallest absolute Gasteiger partial charge is 0.255 e. The van der Waals surface area contributed by atoms with Crippen LogP contribution in [0.15, 0.2) is 72.4 Å². The van der Waals surface area contributed by atoms with Crippen LogP contribution in [0.5, 0.6) is 5.75 Å². The number of rotatable bonds is 6. The largest absolute Gasteiger partial charge is 0.487 e. The number of carbonyl (C=O) groups excluding carboxylic acids is 1. The molecule has 4 nitrogen and oxygen atoms in total. The van der Waals surface area contributed by atoms with Crippen LogP contribution < -0.4 is 10.1 Å².